The maximum atomic E-state index is 5.37. The highest BCUT2D eigenvalue weighted by Gasteiger charge is 2.08. The Morgan fingerprint density at radius 3 is 2.42 bits per heavy atom. The molecule has 19 heavy (non-hydrogen) atoms. The second kappa shape index (κ2) is 5.96. The number of hydrogen-bond donors (Lipinski definition) is 1. The molecule has 2 rings (SSSR count). The van der Waals surface area contributed by atoms with E-state index in [2.05, 4.69) is 45.1 Å². The molecule has 2 nitrogen and oxygen atoms in total. The van der Waals surface area contributed by atoms with Crippen molar-refractivity contribution in [3.05, 3.63) is 53.0 Å². The van der Waals surface area contributed by atoms with E-state index in [1.54, 1.807) is 6.26 Å². The normalized spacial score (nSPS) is 12.4. The zero-order valence-electron chi connectivity index (χ0n) is 12.3. The van der Waals surface area contributed by atoms with Crippen molar-refractivity contribution in [2.75, 3.05) is 5.32 Å². The maximum absolute atomic E-state index is 5.37. The van der Waals surface area contributed by atoms with E-state index in [-0.39, 0.29) is 0 Å². The lowest BCUT2D eigenvalue weighted by Gasteiger charge is -2.19. The van der Waals surface area contributed by atoms with Gasteiger partial charge in [0.05, 0.1) is 6.26 Å². The molecule has 1 N–H and O–H groups in total. The van der Waals surface area contributed by atoms with Gasteiger partial charge in [0.2, 0.25) is 0 Å². The fourth-order valence-electron chi connectivity index (χ4n) is 2.54. The average Bonchev–Trinajstić information content (AvgIpc) is 2.84. The summed E-state index contributed by atoms with van der Waals surface area (Å²) in [6, 6.07) is 8.88. The topological polar surface area (TPSA) is 25.2 Å². The number of rotatable bonds is 5. The zero-order valence-corrected chi connectivity index (χ0v) is 12.3. The molecular weight excluding hydrogens is 234 g/mol. The highest BCUT2D eigenvalue weighted by molar-refractivity contribution is 5.58. The highest BCUT2D eigenvalue weighted by Crippen LogP contribution is 2.23. The van der Waals surface area contributed by atoms with Crippen molar-refractivity contribution < 1.29 is 4.42 Å². The number of nitrogens with one attached hydrogen (secondary N) is 1. The van der Waals surface area contributed by atoms with E-state index in [0.717, 1.165) is 18.6 Å². The number of anilines is 1. The van der Waals surface area contributed by atoms with E-state index in [1.165, 1.54) is 22.4 Å². The van der Waals surface area contributed by atoms with Crippen molar-refractivity contribution in [1.29, 1.82) is 0 Å². The van der Waals surface area contributed by atoms with Crippen LogP contribution in [0.25, 0.3) is 0 Å². The van der Waals surface area contributed by atoms with Crippen molar-refractivity contribution >= 4 is 5.69 Å². The molecule has 1 heterocycles. The minimum absolute atomic E-state index is 0.435. The minimum Gasteiger partial charge on any atom is -0.469 e. The van der Waals surface area contributed by atoms with E-state index < -0.39 is 0 Å². The van der Waals surface area contributed by atoms with Crippen LogP contribution in [-0.4, -0.2) is 6.04 Å². The first-order valence-corrected chi connectivity index (χ1v) is 6.93. The van der Waals surface area contributed by atoms with Crippen LogP contribution in [0.4, 0.5) is 5.69 Å². The van der Waals surface area contributed by atoms with Crippen molar-refractivity contribution in [2.45, 2.75) is 46.6 Å². The molecule has 0 aliphatic rings. The molecule has 2 aromatic rings. The van der Waals surface area contributed by atoms with Crippen molar-refractivity contribution in [1.82, 2.24) is 0 Å². The summed E-state index contributed by atoms with van der Waals surface area (Å²) in [4.78, 5) is 0. The zero-order chi connectivity index (χ0) is 13.8. The van der Waals surface area contributed by atoms with Crippen LogP contribution in [0.15, 0.2) is 34.9 Å². The van der Waals surface area contributed by atoms with E-state index in [0.29, 0.717) is 6.04 Å². The van der Waals surface area contributed by atoms with Crippen LogP contribution in [-0.2, 0) is 6.42 Å². The molecule has 0 bridgehead atoms. The number of aryl methyl sites for hydroxylation is 4. The summed E-state index contributed by atoms with van der Waals surface area (Å²) in [5.74, 6) is 1.06. The van der Waals surface area contributed by atoms with E-state index in [9.17, 15) is 0 Å². The van der Waals surface area contributed by atoms with Gasteiger partial charge in [0.15, 0.2) is 0 Å². The van der Waals surface area contributed by atoms with Crippen LogP contribution in [0, 0.1) is 20.8 Å². The Bertz CT molecular complexity index is 505. The van der Waals surface area contributed by atoms with Crippen LogP contribution in [0.5, 0.6) is 0 Å². The van der Waals surface area contributed by atoms with Crippen LogP contribution in [0.2, 0.25) is 0 Å². The fourth-order valence-corrected chi connectivity index (χ4v) is 2.54. The summed E-state index contributed by atoms with van der Waals surface area (Å²) in [5.41, 5.74) is 5.24. The van der Waals surface area contributed by atoms with Gasteiger partial charge in [-0.25, -0.2) is 0 Å². The summed E-state index contributed by atoms with van der Waals surface area (Å²) < 4.78 is 5.37. The SMILES string of the molecule is Cc1cc(C)c(NC(C)CCc2ccco2)c(C)c1. The second-order valence-electron chi connectivity index (χ2n) is 5.44. The lowest BCUT2D eigenvalue weighted by molar-refractivity contribution is 0.495. The second-order valence-corrected chi connectivity index (χ2v) is 5.44. The first kappa shape index (κ1) is 13.7. The Kier molecular flexibility index (Phi) is 4.31. The third-order valence-electron chi connectivity index (χ3n) is 3.47. The first-order chi connectivity index (χ1) is 9.06. The summed E-state index contributed by atoms with van der Waals surface area (Å²) in [5, 5.41) is 3.63. The smallest absolute Gasteiger partial charge is 0.103 e. The third kappa shape index (κ3) is 3.63. The van der Waals surface area contributed by atoms with Gasteiger partial charge < -0.3 is 9.73 Å². The van der Waals surface area contributed by atoms with Crippen molar-refractivity contribution in [3.8, 4) is 0 Å². The number of hydrogen-bond acceptors (Lipinski definition) is 2. The van der Waals surface area contributed by atoms with Gasteiger partial charge >= 0.3 is 0 Å². The van der Waals surface area contributed by atoms with Gasteiger partial charge in [-0.3, -0.25) is 0 Å². The Morgan fingerprint density at radius 2 is 1.84 bits per heavy atom. The van der Waals surface area contributed by atoms with Gasteiger partial charge in [0.1, 0.15) is 5.76 Å². The van der Waals surface area contributed by atoms with E-state index in [4.69, 9.17) is 4.42 Å². The molecule has 1 unspecified atom stereocenters. The maximum Gasteiger partial charge on any atom is 0.103 e. The molecule has 1 aromatic heterocycles. The predicted octanol–water partition coefficient (Wildman–Crippen LogP) is 4.64. The molecule has 0 aliphatic heterocycles. The van der Waals surface area contributed by atoms with Crippen molar-refractivity contribution in [2.24, 2.45) is 0 Å². The van der Waals surface area contributed by atoms with E-state index in [1.807, 2.05) is 12.1 Å². The summed E-state index contributed by atoms with van der Waals surface area (Å²) in [6.45, 7) is 8.70. The first-order valence-electron chi connectivity index (χ1n) is 6.93. The van der Waals surface area contributed by atoms with Gasteiger partial charge in [-0.2, -0.15) is 0 Å². The molecule has 1 atom stereocenters. The highest BCUT2D eigenvalue weighted by atomic mass is 16.3. The van der Waals surface area contributed by atoms with Gasteiger partial charge in [0.25, 0.3) is 0 Å². The molecule has 0 radical (unpaired) electrons. The minimum atomic E-state index is 0.435. The Labute approximate surface area is 115 Å². The Hall–Kier alpha value is -1.70. The lowest BCUT2D eigenvalue weighted by Crippen LogP contribution is -2.17. The standard InChI is InChI=1S/C17H23NO/c1-12-10-13(2)17(14(3)11-12)18-15(4)7-8-16-6-5-9-19-16/h5-6,9-11,15,18H,7-8H2,1-4H3. The summed E-state index contributed by atoms with van der Waals surface area (Å²) in [7, 11) is 0. The van der Waals surface area contributed by atoms with Crippen molar-refractivity contribution in [3.63, 3.8) is 0 Å². The molecule has 2 heteroatoms. The Morgan fingerprint density at radius 1 is 1.16 bits per heavy atom. The van der Waals surface area contributed by atoms with Gasteiger partial charge in [-0.1, -0.05) is 17.7 Å². The van der Waals surface area contributed by atoms with Gasteiger partial charge in [-0.15, -0.1) is 0 Å². The molecule has 0 saturated heterocycles. The van der Waals surface area contributed by atoms with Crippen LogP contribution < -0.4 is 5.32 Å². The molecule has 0 fully saturated rings. The Balaban J connectivity index is 1.97. The molecule has 0 aliphatic carbocycles. The van der Waals surface area contributed by atoms with Crippen LogP contribution >= 0.6 is 0 Å². The summed E-state index contributed by atoms with van der Waals surface area (Å²) in [6.07, 6.45) is 3.78. The predicted molar refractivity (Wildman–Crippen MR) is 80.8 cm³/mol. The van der Waals surface area contributed by atoms with E-state index >= 15 is 0 Å². The lowest BCUT2D eigenvalue weighted by atomic mass is 10.0. The average molecular weight is 257 g/mol. The molecule has 0 saturated carbocycles. The van der Waals surface area contributed by atoms with Gasteiger partial charge in [0, 0.05) is 18.2 Å². The molecule has 102 valence electrons. The third-order valence-corrected chi connectivity index (χ3v) is 3.47. The monoisotopic (exact) mass is 257 g/mol. The molecule has 0 spiro atoms. The number of benzene rings is 1. The van der Waals surface area contributed by atoms with Gasteiger partial charge in [-0.05, 0) is 57.4 Å². The number of furan rings is 1. The fraction of sp³-hybridized carbons (Fsp3) is 0.412. The van der Waals surface area contributed by atoms with Crippen LogP contribution in [0.1, 0.15) is 35.8 Å². The van der Waals surface area contributed by atoms with Crippen LogP contribution in [0.3, 0.4) is 0 Å². The molecule has 0 amide bonds. The molecule has 1 aromatic carbocycles. The summed E-state index contributed by atoms with van der Waals surface area (Å²) >= 11 is 0. The molecular formula is C17H23NO. The quantitative estimate of drug-likeness (QED) is 0.844. The largest absolute Gasteiger partial charge is 0.469 e.